The van der Waals surface area contributed by atoms with E-state index in [9.17, 15) is 0 Å². The van der Waals surface area contributed by atoms with Gasteiger partial charge in [0.05, 0.1) is 10.6 Å². The van der Waals surface area contributed by atoms with Crippen LogP contribution in [0.25, 0.3) is 0 Å². The predicted octanol–water partition coefficient (Wildman–Crippen LogP) is 12.5. The second-order valence-corrected chi connectivity index (χ2v) is 21.7. The number of hydrogen-bond donors (Lipinski definition) is 0. The molecule has 0 aliphatic rings. The maximum Gasteiger partial charge on any atom is 0.101 e. The maximum absolute atomic E-state index is 8.38. The number of nitrogens with zero attached hydrogens (tertiary/aromatic N) is 1. The summed E-state index contributed by atoms with van der Waals surface area (Å²) in [6.07, 6.45) is 0. The molecule has 0 atom stereocenters. The van der Waals surface area contributed by atoms with Gasteiger partial charge in [0, 0.05) is 21.1 Å². The topological polar surface area (TPSA) is 23.8 Å². The summed E-state index contributed by atoms with van der Waals surface area (Å²) in [6.45, 7) is 0. The average Bonchev–Trinajstić information content (AvgIpc) is 3.40. The molecule has 1 nitrogen and oxygen atoms in total. The molecule has 6 heteroatoms. The molecule has 0 aliphatic carbocycles. The number of rotatable bonds is 9. The molecule has 0 amide bonds. The maximum atomic E-state index is 8.38. The van der Waals surface area contributed by atoms with Gasteiger partial charge >= 0.3 is 0 Å². The first-order chi connectivity index (χ1) is 32.7. The summed E-state index contributed by atoms with van der Waals surface area (Å²) in [5.41, 5.74) is 0.527. The van der Waals surface area contributed by atoms with Crippen molar-refractivity contribution in [2.24, 2.45) is 0 Å². The smallest absolute Gasteiger partial charge is 0.101 e. The van der Waals surface area contributed by atoms with Crippen molar-refractivity contribution < 1.29 is 21.1 Å². The number of nitriles is 1. The molecule has 0 radical (unpaired) electrons. The number of hydrogen-bond acceptors (Lipinski definition) is 1. The molecule has 0 saturated carbocycles. The van der Waals surface area contributed by atoms with Gasteiger partial charge in [-0.25, -0.2) is 0 Å². The fourth-order valence-corrected chi connectivity index (χ4v) is 14.2. The minimum absolute atomic E-state index is 0. The van der Waals surface area contributed by atoms with Crippen molar-refractivity contribution in [1.29, 1.82) is 5.26 Å². The molecular formula is C61H49ClNP3W. The zero-order valence-electron chi connectivity index (χ0n) is 36.9. The molecule has 326 valence electrons. The van der Waals surface area contributed by atoms with E-state index in [2.05, 4.69) is 273 Å². The van der Waals surface area contributed by atoms with E-state index in [1.807, 2.05) is 6.07 Å². The van der Waals surface area contributed by atoms with Crippen molar-refractivity contribution in [3.63, 3.8) is 0 Å². The summed E-state index contributed by atoms with van der Waals surface area (Å²) in [5.74, 6) is 0. The molecule has 0 aliphatic heterocycles. The molecule has 10 aromatic rings. The van der Waals surface area contributed by atoms with Gasteiger partial charge in [-0.3, -0.25) is 0 Å². The van der Waals surface area contributed by atoms with E-state index in [-0.39, 0.29) is 21.1 Å². The van der Waals surface area contributed by atoms with E-state index in [1.54, 1.807) is 24.3 Å². The summed E-state index contributed by atoms with van der Waals surface area (Å²) >= 11 is 5.60. The first-order valence-electron chi connectivity index (χ1n) is 21.7. The molecule has 0 spiro atoms. The summed E-state index contributed by atoms with van der Waals surface area (Å²) in [4.78, 5) is 0. The van der Waals surface area contributed by atoms with Crippen LogP contribution in [0.2, 0.25) is 5.02 Å². The van der Waals surface area contributed by atoms with Crippen LogP contribution in [0.15, 0.2) is 297 Å². The van der Waals surface area contributed by atoms with Gasteiger partial charge in [0.25, 0.3) is 0 Å². The Balaban J connectivity index is 0.000000151. The van der Waals surface area contributed by atoms with Crippen LogP contribution in [-0.2, 0) is 21.1 Å². The van der Waals surface area contributed by atoms with Gasteiger partial charge in [-0.05, 0) is 83.6 Å². The van der Waals surface area contributed by atoms with E-state index >= 15 is 0 Å². The molecule has 0 saturated heterocycles. The van der Waals surface area contributed by atoms with Gasteiger partial charge in [-0.2, -0.15) is 5.26 Å². The summed E-state index contributed by atoms with van der Waals surface area (Å²) in [6, 6.07) is 106. The van der Waals surface area contributed by atoms with Crippen LogP contribution in [0.5, 0.6) is 0 Å². The molecule has 0 N–H and O–H groups in total. The molecule has 0 heterocycles. The third-order valence-corrected chi connectivity index (χ3v) is 17.8. The number of benzene rings is 10. The Morgan fingerprint density at radius 2 is 0.388 bits per heavy atom. The number of halogens is 1. The largest absolute Gasteiger partial charge is 0.192 e. The van der Waals surface area contributed by atoms with Crippen molar-refractivity contribution in [3.8, 4) is 6.07 Å². The van der Waals surface area contributed by atoms with E-state index in [1.165, 1.54) is 47.7 Å². The predicted molar refractivity (Wildman–Crippen MR) is 292 cm³/mol. The monoisotopic (exact) mass is 1110 g/mol. The Kier molecular flexibility index (Phi) is 21.2. The van der Waals surface area contributed by atoms with E-state index in [0.717, 1.165) is 0 Å². The van der Waals surface area contributed by atoms with Gasteiger partial charge in [-0.15, -0.1) is 0 Å². The Labute approximate surface area is 420 Å². The summed E-state index contributed by atoms with van der Waals surface area (Å²) in [7, 11) is -1.34. The first kappa shape index (κ1) is 50.4. The van der Waals surface area contributed by atoms with Crippen LogP contribution < -0.4 is 47.7 Å². The van der Waals surface area contributed by atoms with E-state index in [4.69, 9.17) is 16.9 Å². The molecule has 0 fully saturated rings. The first-order valence-corrected chi connectivity index (χ1v) is 26.1. The van der Waals surface area contributed by atoms with Crippen molar-refractivity contribution in [2.45, 2.75) is 0 Å². The quantitative estimate of drug-likeness (QED) is 0.132. The third kappa shape index (κ3) is 15.2. The van der Waals surface area contributed by atoms with Crippen LogP contribution >= 0.6 is 35.4 Å². The Hall–Kier alpha value is -6.04. The van der Waals surface area contributed by atoms with E-state index < -0.39 is 23.8 Å². The fourth-order valence-electron chi connectivity index (χ4n) is 7.09. The average molecular weight is 1110 g/mol. The summed E-state index contributed by atoms with van der Waals surface area (Å²) < 4.78 is 0. The Morgan fingerprint density at radius 1 is 0.239 bits per heavy atom. The Bertz CT molecular complexity index is 2350. The molecular weight excluding hydrogens is 1060 g/mol. The van der Waals surface area contributed by atoms with Gasteiger partial charge in [0.1, 0.15) is 6.07 Å². The van der Waals surface area contributed by atoms with Crippen LogP contribution in [0.3, 0.4) is 0 Å². The summed E-state index contributed by atoms with van der Waals surface area (Å²) in [5, 5.41) is 21.5. The molecule has 0 unspecified atom stereocenters. The zero-order chi connectivity index (χ0) is 45.4. The van der Waals surface area contributed by atoms with Crippen molar-refractivity contribution in [3.05, 3.63) is 308 Å². The van der Waals surface area contributed by atoms with Gasteiger partial charge in [-0.1, -0.05) is 297 Å². The standard InChI is InChI=1S/3C18H15P.C7H4ClN.W/c3*1-4-10-16(11-5-1)19(17-12-6-2-7-13-17)18-14-8-3-9-15-18;8-7-4-2-1-3-6(7)5-9;/h3*1-15H;1-4H;. The van der Waals surface area contributed by atoms with Gasteiger partial charge in [0.2, 0.25) is 0 Å². The molecule has 0 aromatic heterocycles. The van der Waals surface area contributed by atoms with Crippen LogP contribution in [0, 0.1) is 11.3 Å². The molecule has 10 aromatic carbocycles. The second-order valence-electron chi connectivity index (χ2n) is 14.6. The Morgan fingerprint density at radius 3 is 0.522 bits per heavy atom. The second kappa shape index (κ2) is 28.2. The van der Waals surface area contributed by atoms with Crippen LogP contribution in [0.4, 0.5) is 0 Å². The van der Waals surface area contributed by atoms with Gasteiger partial charge < -0.3 is 0 Å². The van der Waals surface area contributed by atoms with Crippen LogP contribution in [0.1, 0.15) is 5.56 Å². The van der Waals surface area contributed by atoms with Crippen molar-refractivity contribution >= 4 is 83.1 Å². The van der Waals surface area contributed by atoms with E-state index in [0.29, 0.717) is 10.6 Å². The van der Waals surface area contributed by atoms with Crippen molar-refractivity contribution in [1.82, 2.24) is 0 Å². The van der Waals surface area contributed by atoms with Crippen molar-refractivity contribution in [2.75, 3.05) is 0 Å². The normalized spacial score (nSPS) is 10.1. The molecule has 67 heavy (non-hydrogen) atoms. The third-order valence-electron chi connectivity index (χ3n) is 10.1. The zero-order valence-corrected chi connectivity index (χ0v) is 43.2. The minimum Gasteiger partial charge on any atom is -0.192 e. The van der Waals surface area contributed by atoms with Crippen LogP contribution in [-0.4, -0.2) is 0 Å². The SMILES string of the molecule is N#Cc1ccccc1Cl.[W].c1ccc(P(c2ccccc2)c2ccccc2)cc1.c1ccc(P(c2ccccc2)c2ccccc2)cc1.c1ccc(P(c2ccccc2)c2ccccc2)cc1. The fraction of sp³-hybridized carbons (Fsp3) is 0. The minimum atomic E-state index is -0.446. The molecule has 0 bridgehead atoms. The molecule has 10 rings (SSSR count). The van der Waals surface area contributed by atoms with Gasteiger partial charge in [0.15, 0.2) is 0 Å².